The van der Waals surface area contributed by atoms with Crippen LogP contribution in [0.3, 0.4) is 0 Å². The van der Waals surface area contributed by atoms with Crippen molar-refractivity contribution in [3.05, 3.63) is 28.8 Å². The van der Waals surface area contributed by atoms with Crippen LogP contribution >= 0.6 is 0 Å². The molecule has 0 bridgehead atoms. The maximum absolute atomic E-state index is 9.36. The molecule has 0 saturated carbocycles. The lowest BCUT2D eigenvalue weighted by Gasteiger charge is -2.40. The van der Waals surface area contributed by atoms with Crippen molar-refractivity contribution in [3.63, 3.8) is 0 Å². The van der Waals surface area contributed by atoms with Crippen LogP contribution in [-0.2, 0) is 4.74 Å². The monoisotopic (exact) mass is 235 g/mol. The minimum Gasteiger partial charge on any atom is -0.396 e. The molecule has 1 aromatic rings. The Morgan fingerprint density at radius 3 is 2.35 bits per heavy atom. The molecule has 0 amide bonds. The number of anilines is 1. The van der Waals surface area contributed by atoms with Crippen molar-refractivity contribution in [3.8, 4) is 0 Å². The van der Waals surface area contributed by atoms with E-state index in [1.807, 2.05) is 0 Å². The molecule has 1 saturated heterocycles. The van der Waals surface area contributed by atoms with E-state index in [4.69, 9.17) is 4.74 Å². The predicted molar refractivity (Wildman–Crippen MR) is 69.5 cm³/mol. The molecule has 2 N–H and O–H groups in total. The summed E-state index contributed by atoms with van der Waals surface area (Å²) >= 11 is 0. The summed E-state index contributed by atoms with van der Waals surface area (Å²) in [7, 11) is 0. The van der Waals surface area contributed by atoms with E-state index in [9.17, 15) is 5.11 Å². The largest absolute Gasteiger partial charge is 0.396 e. The van der Waals surface area contributed by atoms with Gasteiger partial charge in [0.1, 0.15) is 0 Å². The number of aliphatic hydroxyl groups excluding tert-OH is 1. The third-order valence-electron chi connectivity index (χ3n) is 3.65. The quantitative estimate of drug-likeness (QED) is 0.839. The molecule has 94 valence electrons. The van der Waals surface area contributed by atoms with Gasteiger partial charge in [0.05, 0.1) is 25.2 Å². The summed E-state index contributed by atoms with van der Waals surface area (Å²) in [6.07, 6.45) is 0. The Morgan fingerprint density at radius 1 is 1.18 bits per heavy atom. The molecule has 3 heteroatoms. The van der Waals surface area contributed by atoms with Crippen LogP contribution in [-0.4, -0.2) is 31.5 Å². The van der Waals surface area contributed by atoms with E-state index in [2.05, 4.69) is 38.2 Å². The Labute approximate surface area is 103 Å². The van der Waals surface area contributed by atoms with Crippen LogP contribution in [0.2, 0.25) is 0 Å². The van der Waals surface area contributed by atoms with Gasteiger partial charge < -0.3 is 15.2 Å². The fraction of sp³-hybridized carbons (Fsp3) is 0.571. The summed E-state index contributed by atoms with van der Waals surface area (Å²) in [5.74, 6) is 0. The van der Waals surface area contributed by atoms with Gasteiger partial charge in [0.2, 0.25) is 0 Å². The van der Waals surface area contributed by atoms with Crippen LogP contribution in [0.25, 0.3) is 0 Å². The maximum Gasteiger partial charge on any atom is 0.0584 e. The van der Waals surface area contributed by atoms with Crippen LogP contribution in [0.5, 0.6) is 0 Å². The number of nitrogens with one attached hydrogen (secondary N) is 1. The average molecular weight is 235 g/mol. The van der Waals surface area contributed by atoms with E-state index in [1.54, 1.807) is 0 Å². The van der Waals surface area contributed by atoms with E-state index in [-0.39, 0.29) is 12.0 Å². The number of rotatable bonds is 4. The van der Waals surface area contributed by atoms with Gasteiger partial charge in [-0.2, -0.15) is 0 Å². The topological polar surface area (TPSA) is 41.5 Å². The van der Waals surface area contributed by atoms with Crippen molar-refractivity contribution in [1.82, 2.24) is 0 Å². The lowest BCUT2D eigenvalue weighted by atomic mass is 9.87. The van der Waals surface area contributed by atoms with E-state index < -0.39 is 0 Å². The Balaban J connectivity index is 2.06. The second-order valence-electron chi connectivity index (χ2n) is 5.26. The highest BCUT2D eigenvalue weighted by molar-refractivity contribution is 5.54. The molecule has 1 fully saturated rings. The molecule has 1 aliphatic rings. The molecule has 1 heterocycles. The van der Waals surface area contributed by atoms with Crippen molar-refractivity contribution >= 4 is 5.69 Å². The van der Waals surface area contributed by atoms with Crippen molar-refractivity contribution in [1.29, 1.82) is 0 Å². The van der Waals surface area contributed by atoms with Crippen LogP contribution in [0, 0.1) is 26.2 Å². The van der Waals surface area contributed by atoms with Crippen LogP contribution in [0.15, 0.2) is 12.1 Å². The summed E-state index contributed by atoms with van der Waals surface area (Å²) in [6.45, 7) is 8.62. The Bertz CT molecular complexity index is 405. The second kappa shape index (κ2) is 4.67. The predicted octanol–water partition coefficient (Wildman–Crippen LogP) is 2.03. The number of aryl methyl sites for hydroxylation is 3. The molecule has 1 aromatic carbocycles. The normalized spacial score (nSPS) is 17.6. The highest BCUT2D eigenvalue weighted by Crippen LogP contribution is 2.28. The molecule has 0 aromatic heterocycles. The van der Waals surface area contributed by atoms with Gasteiger partial charge in [0.15, 0.2) is 0 Å². The van der Waals surface area contributed by atoms with Gasteiger partial charge in [0.25, 0.3) is 0 Å². The van der Waals surface area contributed by atoms with Crippen LogP contribution in [0.1, 0.15) is 16.7 Å². The van der Waals surface area contributed by atoms with Crippen molar-refractivity contribution < 1.29 is 9.84 Å². The first-order chi connectivity index (χ1) is 8.06. The first-order valence-electron chi connectivity index (χ1n) is 6.07. The SMILES string of the molecule is Cc1cc(C)c(NCC2(CO)COC2)cc1C. The van der Waals surface area contributed by atoms with Crippen molar-refractivity contribution in [2.75, 3.05) is 31.7 Å². The zero-order valence-electron chi connectivity index (χ0n) is 10.8. The highest BCUT2D eigenvalue weighted by atomic mass is 16.5. The Kier molecular flexibility index (Phi) is 3.40. The highest BCUT2D eigenvalue weighted by Gasteiger charge is 2.37. The number of ether oxygens (including phenoxy) is 1. The fourth-order valence-electron chi connectivity index (χ4n) is 2.07. The molecule has 1 aliphatic heterocycles. The van der Waals surface area contributed by atoms with E-state index in [0.29, 0.717) is 13.2 Å². The minimum absolute atomic E-state index is 0.0781. The standard InChI is InChI=1S/C14H21NO2/c1-10-4-12(3)13(5-11(10)2)15-6-14(7-16)8-17-9-14/h4-5,15-16H,6-9H2,1-3H3. The van der Waals surface area contributed by atoms with E-state index in [1.165, 1.54) is 16.7 Å². The van der Waals surface area contributed by atoms with Gasteiger partial charge in [0, 0.05) is 12.2 Å². The molecule has 0 radical (unpaired) electrons. The van der Waals surface area contributed by atoms with E-state index >= 15 is 0 Å². The molecule has 0 atom stereocenters. The lowest BCUT2D eigenvalue weighted by Crippen LogP contribution is -2.50. The molecule has 2 rings (SSSR count). The second-order valence-corrected chi connectivity index (χ2v) is 5.26. The fourth-order valence-corrected chi connectivity index (χ4v) is 2.07. The van der Waals surface area contributed by atoms with Crippen molar-refractivity contribution in [2.24, 2.45) is 5.41 Å². The maximum atomic E-state index is 9.36. The summed E-state index contributed by atoms with van der Waals surface area (Å²) < 4.78 is 5.19. The van der Waals surface area contributed by atoms with Gasteiger partial charge in [-0.25, -0.2) is 0 Å². The summed E-state index contributed by atoms with van der Waals surface area (Å²) in [5, 5.41) is 12.8. The summed E-state index contributed by atoms with van der Waals surface area (Å²) in [5.41, 5.74) is 4.94. The molecule has 3 nitrogen and oxygen atoms in total. The smallest absolute Gasteiger partial charge is 0.0584 e. The van der Waals surface area contributed by atoms with Crippen molar-refractivity contribution in [2.45, 2.75) is 20.8 Å². The number of hydrogen-bond acceptors (Lipinski definition) is 3. The van der Waals surface area contributed by atoms with Crippen LogP contribution in [0.4, 0.5) is 5.69 Å². The minimum atomic E-state index is -0.0781. The van der Waals surface area contributed by atoms with E-state index in [0.717, 1.165) is 12.2 Å². The zero-order chi connectivity index (χ0) is 12.5. The number of aliphatic hydroxyl groups is 1. The molecular weight excluding hydrogens is 214 g/mol. The van der Waals surface area contributed by atoms with Gasteiger partial charge in [-0.05, 0) is 43.5 Å². The third kappa shape index (κ3) is 2.45. The first kappa shape index (κ1) is 12.4. The molecule has 0 unspecified atom stereocenters. The lowest BCUT2D eigenvalue weighted by molar-refractivity contribution is -0.128. The molecular formula is C14H21NO2. The number of benzene rings is 1. The Hall–Kier alpha value is -1.06. The number of hydrogen-bond donors (Lipinski definition) is 2. The van der Waals surface area contributed by atoms with Gasteiger partial charge in [-0.3, -0.25) is 0 Å². The van der Waals surface area contributed by atoms with Gasteiger partial charge >= 0.3 is 0 Å². The third-order valence-corrected chi connectivity index (χ3v) is 3.65. The summed E-state index contributed by atoms with van der Waals surface area (Å²) in [6, 6.07) is 4.37. The van der Waals surface area contributed by atoms with Crippen LogP contribution < -0.4 is 5.32 Å². The van der Waals surface area contributed by atoms with Gasteiger partial charge in [-0.15, -0.1) is 0 Å². The molecule has 0 spiro atoms. The molecule has 0 aliphatic carbocycles. The summed E-state index contributed by atoms with van der Waals surface area (Å²) in [4.78, 5) is 0. The Morgan fingerprint density at radius 2 is 1.82 bits per heavy atom. The first-order valence-corrected chi connectivity index (χ1v) is 6.07. The zero-order valence-corrected chi connectivity index (χ0v) is 10.8. The average Bonchev–Trinajstić information content (AvgIpc) is 2.24. The van der Waals surface area contributed by atoms with Gasteiger partial charge in [-0.1, -0.05) is 6.07 Å². The molecule has 17 heavy (non-hydrogen) atoms.